The SMILES string of the molecule is CC(CO)NC(=O)C(C)(C)C(=O)CO. The summed E-state index contributed by atoms with van der Waals surface area (Å²) in [5, 5.41) is 19.8. The van der Waals surface area contributed by atoms with Gasteiger partial charge in [-0.1, -0.05) is 0 Å². The van der Waals surface area contributed by atoms with E-state index in [1.807, 2.05) is 0 Å². The molecule has 5 nitrogen and oxygen atoms in total. The van der Waals surface area contributed by atoms with Gasteiger partial charge in [0.2, 0.25) is 5.91 Å². The molecule has 3 N–H and O–H groups in total. The van der Waals surface area contributed by atoms with Crippen molar-refractivity contribution in [1.29, 1.82) is 0 Å². The second kappa shape index (κ2) is 5.07. The summed E-state index contributed by atoms with van der Waals surface area (Å²) in [4.78, 5) is 22.7. The molecule has 0 aliphatic heterocycles. The predicted molar refractivity (Wildman–Crippen MR) is 50.6 cm³/mol. The van der Waals surface area contributed by atoms with E-state index in [4.69, 9.17) is 10.2 Å². The van der Waals surface area contributed by atoms with Crippen molar-refractivity contribution < 1.29 is 19.8 Å². The number of hydrogen-bond donors (Lipinski definition) is 3. The number of carbonyl (C=O) groups is 2. The summed E-state index contributed by atoms with van der Waals surface area (Å²) in [6, 6.07) is -0.395. The van der Waals surface area contributed by atoms with Gasteiger partial charge in [-0.2, -0.15) is 0 Å². The van der Waals surface area contributed by atoms with Gasteiger partial charge in [0.15, 0.2) is 5.78 Å². The van der Waals surface area contributed by atoms with Crippen molar-refractivity contribution in [3.63, 3.8) is 0 Å². The molecule has 82 valence electrons. The summed E-state index contributed by atoms with van der Waals surface area (Å²) in [6.45, 7) is 3.65. The maximum absolute atomic E-state index is 11.5. The van der Waals surface area contributed by atoms with E-state index in [9.17, 15) is 9.59 Å². The summed E-state index contributed by atoms with van der Waals surface area (Å²) < 4.78 is 0. The molecule has 0 saturated carbocycles. The highest BCUT2D eigenvalue weighted by atomic mass is 16.3. The number of hydrogen-bond acceptors (Lipinski definition) is 4. The predicted octanol–water partition coefficient (Wildman–Crippen LogP) is -0.929. The summed E-state index contributed by atoms with van der Waals surface area (Å²) in [6.07, 6.45) is 0. The van der Waals surface area contributed by atoms with Crippen molar-refractivity contribution in [3.05, 3.63) is 0 Å². The van der Waals surface area contributed by atoms with E-state index in [1.165, 1.54) is 13.8 Å². The van der Waals surface area contributed by atoms with Crippen LogP contribution in [0.5, 0.6) is 0 Å². The van der Waals surface area contributed by atoms with Crippen LogP contribution in [-0.4, -0.2) is 41.2 Å². The molecule has 5 heteroatoms. The highest BCUT2D eigenvalue weighted by Gasteiger charge is 2.35. The molecule has 0 fully saturated rings. The molecular weight excluding hydrogens is 186 g/mol. The molecule has 0 rings (SSSR count). The number of ketones is 1. The van der Waals surface area contributed by atoms with Crippen molar-refractivity contribution in [2.45, 2.75) is 26.8 Å². The second-order valence-electron chi connectivity index (χ2n) is 3.76. The molecule has 0 aliphatic rings. The fourth-order valence-corrected chi connectivity index (χ4v) is 0.774. The number of nitrogens with one attached hydrogen (secondary N) is 1. The average molecular weight is 203 g/mol. The standard InChI is InChI=1S/C9H17NO4/c1-6(4-11)10-8(14)9(2,3)7(13)5-12/h6,11-12H,4-5H2,1-3H3,(H,10,14). The van der Waals surface area contributed by atoms with Crippen LogP contribution < -0.4 is 5.32 Å². The van der Waals surface area contributed by atoms with Crippen LogP contribution in [0.15, 0.2) is 0 Å². The van der Waals surface area contributed by atoms with Gasteiger partial charge in [-0.3, -0.25) is 9.59 Å². The van der Waals surface area contributed by atoms with Gasteiger partial charge in [-0.25, -0.2) is 0 Å². The summed E-state index contributed by atoms with van der Waals surface area (Å²) in [5.74, 6) is -1.03. The fraction of sp³-hybridized carbons (Fsp3) is 0.778. The van der Waals surface area contributed by atoms with Crippen LogP contribution in [0.3, 0.4) is 0 Å². The van der Waals surface area contributed by atoms with Gasteiger partial charge in [-0.15, -0.1) is 0 Å². The first-order valence-corrected chi connectivity index (χ1v) is 4.42. The van der Waals surface area contributed by atoms with Crippen molar-refractivity contribution in [1.82, 2.24) is 5.32 Å². The van der Waals surface area contributed by atoms with E-state index in [0.717, 1.165) is 0 Å². The van der Waals surface area contributed by atoms with Gasteiger partial charge in [0, 0.05) is 6.04 Å². The molecule has 1 amide bonds. The Morgan fingerprint density at radius 1 is 1.36 bits per heavy atom. The molecule has 0 aliphatic carbocycles. The third kappa shape index (κ3) is 3.08. The normalized spacial score (nSPS) is 13.5. The van der Waals surface area contributed by atoms with E-state index in [2.05, 4.69) is 5.32 Å². The summed E-state index contributed by atoms with van der Waals surface area (Å²) >= 11 is 0. The van der Waals surface area contributed by atoms with Gasteiger partial charge in [0.05, 0.1) is 6.61 Å². The molecule has 0 saturated heterocycles. The molecule has 0 aromatic rings. The highest BCUT2D eigenvalue weighted by molar-refractivity contribution is 6.05. The van der Waals surface area contributed by atoms with Crippen molar-refractivity contribution in [3.8, 4) is 0 Å². The van der Waals surface area contributed by atoms with Gasteiger partial charge in [0.1, 0.15) is 12.0 Å². The van der Waals surface area contributed by atoms with Gasteiger partial charge in [0.25, 0.3) is 0 Å². The van der Waals surface area contributed by atoms with Gasteiger partial charge < -0.3 is 15.5 Å². The Morgan fingerprint density at radius 2 is 1.86 bits per heavy atom. The molecule has 1 unspecified atom stereocenters. The zero-order valence-electron chi connectivity index (χ0n) is 8.70. The van der Waals surface area contributed by atoms with Gasteiger partial charge in [-0.05, 0) is 20.8 Å². The van der Waals surface area contributed by atoms with Crippen LogP contribution in [0.2, 0.25) is 0 Å². The average Bonchev–Trinajstić information content (AvgIpc) is 2.15. The Labute approximate surface area is 83.1 Å². The number of rotatable bonds is 5. The first-order chi connectivity index (χ1) is 6.36. The Kier molecular flexibility index (Phi) is 4.73. The molecule has 0 heterocycles. The lowest BCUT2D eigenvalue weighted by molar-refractivity contribution is -0.142. The van der Waals surface area contributed by atoms with Crippen LogP contribution in [0, 0.1) is 5.41 Å². The van der Waals surface area contributed by atoms with E-state index < -0.39 is 29.8 Å². The molecule has 0 radical (unpaired) electrons. The number of Topliss-reactive ketones (excluding diaryl/α,β-unsaturated/α-hetero) is 1. The zero-order valence-corrected chi connectivity index (χ0v) is 8.70. The third-order valence-electron chi connectivity index (χ3n) is 2.06. The fourth-order valence-electron chi connectivity index (χ4n) is 0.774. The van der Waals surface area contributed by atoms with E-state index in [-0.39, 0.29) is 6.61 Å². The van der Waals surface area contributed by atoms with Gasteiger partial charge >= 0.3 is 0 Å². The zero-order chi connectivity index (χ0) is 11.4. The van der Waals surface area contributed by atoms with Crippen LogP contribution in [0.25, 0.3) is 0 Å². The first kappa shape index (κ1) is 13.1. The van der Waals surface area contributed by atoms with Crippen molar-refractivity contribution in [2.75, 3.05) is 13.2 Å². The number of amides is 1. The summed E-state index contributed by atoms with van der Waals surface area (Å²) in [5.41, 5.74) is -1.25. The highest BCUT2D eigenvalue weighted by Crippen LogP contribution is 2.16. The molecule has 0 aromatic carbocycles. The molecule has 0 aromatic heterocycles. The number of aliphatic hydroxyl groups is 2. The maximum atomic E-state index is 11.5. The Hall–Kier alpha value is -0.940. The van der Waals surface area contributed by atoms with Crippen molar-refractivity contribution in [2.24, 2.45) is 5.41 Å². The van der Waals surface area contributed by atoms with Crippen molar-refractivity contribution >= 4 is 11.7 Å². The molecule has 0 spiro atoms. The lowest BCUT2D eigenvalue weighted by atomic mass is 9.87. The maximum Gasteiger partial charge on any atom is 0.233 e. The lowest BCUT2D eigenvalue weighted by Gasteiger charge is -2.23. The minimum atomic E-state index is -1.25. The second-order valence-corrected chi connectivity index (χ2v) is 3.76. The van der Waals surface area contributed by atoms with E-state index >= 15 is 0 Å². The molecular formula is C9H17NO4. The molecule has 14 heavy (non-hydrogen) atoms. The topological polar surface area (TPSA) is 86.6 Å². The number of carbonyl (C=O) groups excluding carboxylic acids is 2. The Bertz CT molecular complexity index is 225. The first-order valence-electron chi connectivity index (χ1n) is 4.42. The van der Waals surface area contributed by atoms with E-state index in [1.54, 1.807) is 6.92 Å². The van der Waals surface area contributed by atoms with E-state index in [0.29, 0.717) is 0 Å². The lowest BCUT2D eigenvalue weighted by Crippen LogP contribution is -2.47. The minimum absolute atomic E-state index is 0.185. The summed E-state index contributed by atoms with van der Waals surface area (Å²) in [7, 11) is 0. The Morgan fingerprint density at radius 3 is 2.21 bits per heavy atom. The van der Waals surface area contributed by atoms with Crippen LogP contribution in [0.4, 0.5) is 0 Å². The monoisotopic (exact) mass is 203 g/mol. The Balaban J connectivity index is 4.43. The third-order valence-corrected chi connectivity index (χ3v) is 2.06. The quantitative estimate of drug-likeness (QED) is 0.504. The van der Waals surface area contributed by atoms with Crippen LogP contribution in [0.1, 0.15) is 20.8 Å². The minimum Gasteiger partial charge on any atom is -0.394 e. The smallest absolute Gasteiger partial charge is 0.233 e. The molecule has 0 bridgehead atoms. The number of aliphatic hydroxyl groups excluding tert-OH is 2. The van der Waals surface area contributed by atoms with Crippen LogP contribution in [-0.2, 0) is 9.59 Å². The largest absolute Gasteiger partial charge is 0.394 e. The van der Waals surface area contributed by atoms with Crippen LogP contribution >= 0.6 is 0 Å². The molecule has 1 atom stereocenters.